The van der Waals surface area contributed by atoms with Crippen LogP contribution in [0.1, 0.15) is 32.6 Å². The normalized spacial score (nSPS) is 23.5. The van der Waals surface area contributed by atoms with Gasteiger partial charge in [0.1, 0.15) is 9.84 Å². The van der Waals surface area contributed by atoms with E-state index in [-0.39, 0.29) is 11.3 Å². The number of hydrogen-bond acceptors (Lipinski definition) is 4. The van der Waals surface area contributed by atoms with E-state index in [4.69, 9.17) is 5.73 Å². The number of nitrogens with zero attached hydrogens (tertiary/aromatic N) is 1. The maximum Gasteiger partial charge on any atom is 0.150 e. The Hall–Kier alpha value is -1.23. The second-order valence-electron chi connectivity index (χ2n) is 5.65. The monoisotopic (exact) mass is 296 g/mol. The molecule has 1 aromatic rings. The first-order valence-electron chi connectivity index (χ1n) is 7.23. The van der Waals surface area contributed by atoms with Gasteiger partial charge in [0.15, 0.2) is 0 Å². The molecule has 2 N–H and O–H groups in total. The maximum atomic E-state index is 11.8. The molecule has 1 saturated carbocycles. The highest BCUT2D eigenvalue weighted by atomic mass is 32.2. The van der Waals surface area contributed by atoms with Crippen LogP contribution >= 0.6 is 0 Å². The first-order valence-corrected chi connectivity index (χ1v) is 9.18. The van der Waals surface area contributed by atoms with Crippen molar-refractivity contribution in [1.82, 2.24) is 0 Å². The van der Waals surface area contributed by atoms with Gasteiger partial charge in [0, 0.05) is 30.2 Å². The molecule has 0 radical (unpaired) electrons. The van der Waals surface area contributed by atoms with Gasteiger partial charge in [-0.2, -0.15) is 0 Å². The third kappa shape index (κ3) is 3.45. The average molecular weight is 296 g/mol. The molecule has 0 aromatic heterocycles. The minimum absolute atomic E-state index is 0.198. The van der Waals surface area contributed by atoms with Gasteiger partial charge in [-0.05, 0) is 44.4 Å². The third-order valence-electron chi connectivity index (χ3n) is 4.19. The zero-order valence-corrected chi connectivity index (χ0v) is 13.1. The van der Waals surface area contributed by atoms with Gasteiger partial charge < -0.3 is 10.6 Å². The van der Waals surface area contributed by atoms with Crippen molar-refractivity contribution in [2.45, 2.75) is 43.9 Å². The number of benzene rings is 1. The number of rotatable bonds is 4. The summed E-state index contributed by atoms with van der Waals surface area (Å²) in [5, 5.41) is -0.198. The molecular weight excluding hydrogens is 272 g/mol. The predicted molar refractivity (Wildman–Crippen MR) is 84.8 cm³/mol. The van der Waals surface area contributed by atoms with Crippen molar-refractivity contribution in [3.8, 4) is 0 Å². The molecule has 1 aromatic carbocycles. The minimum Gasteiger partial charge on any atom is -0.399 e. The van der Waals surface area contributed by atoms with E-state index in [1.807, 2.05) is 24.3 Å². The number of nitrogens with two attached hydrogens (primary N) is 1. The lowest BCUT2D eigenvalue weighted by molar-refractivity contribution is 0.414. The highest BCUT2D eigenvalue weighted by Gasteiger charge is 2.31. The zero-order valence-electron chi connectivity index (χ0n) is 12.2. The smallest absolute Gasteiger partial charge is 0.150 e. The highest BCUT2D eigenvalue weighted by molar-refractivity contribution is 7.91. The van der Waals surface area contributed by atoms with E-state index in [1.165, 1.54) is 6.26 Å². The van der Waals surface area contributed by atoms with Crippen LogP contribution in [0.4, 0.5) is 11.4 Å². The number of hydrogen-bond donors (Lipinski definition) is 1. The number of sulfone groups is 1. The SMILES string of the molecule is CCN(c1cccc(N)c1)C1CCCC(S(C)(=O)=O)C1. The molecule has 2 rings (SSSR count). The van der Waals surface area contributed by atoms with Gasteiger partial charge in [0.05, 0.1) is 5.25 Å². The fourth-order valence-corrected chi connectivity index (χ4v) is 4.31. The van der Waals surface area contributed by atoms with E-state index in [2.05, 4.69) is 11.8 Å². The Bertz CT molecular complexity index is 557. The molecular formula is C15H24N2O2S. The summed E-state index contributed by atoms with van der Waals surface area (Å²) in [6.07, 6.45) is 4.90. The maximum absolute atomic E-state index is 11.8. The van der Waals surface area contributed by atoms with Crippen LogP contribution in [0.25, 0.3) is 0 Å². The van der Waals surface area contributed by atoms with Crippen molar-refractivity contribution in [3.63, 3.8) is 0 Å². The second-order valence-corrected chi connectivity index (χ2v) is 7.98. The third-order valence-corrected chi connectivity index (χ3v) is 5.83. The summed E-state index contributed by atoms with van der Waals surface area (Å²) in [5.74, 6) is 0. The summed E-state index contributed by atoms with van der Waals surface area (Å²) in [6.45, 7) is 2.97. The van der Waals surface area contributed by atoms with Crippen LogP contribution in [0.3, 0.4) is 0 Å². The molecule has 2 atom stereocenters. The highest BCUT2D eigenvalue weighted by Crippen LogP contribution is 2.30. The minimum atomic E-state index is -2.94. The molecule has 112 valence electrons. The summed E-state index contributed by atoms with van der Waals surface area (Å²) < 4.78 is 23.6. The second kappa shape index (κ2) is 6.04. The summed E-state index contributed by atoms with van der Waals surface area (Å²) in [6, 6.07) is 8.12. The van der Waals surface area contributed by atoms with Crippen LogP contribution in [0.5, 0.6) is 0 Å². The Labute approximate surface area is 121 Å². The Kier molecular flexibility index (Phi) is 4.58. The van der Waals surface area contributed by atoms with E-state index in [1.54, 1.807) is 0 Å². The van der Waals surface area contributed by atoms with Crippen LogP contribution in [-0.2, 0) is 9.84 Å². The van der Waals surface area contributed by atoms with E-state index < -0.39 is 9.84 Å². The van der Waals surface area contributed by atoms with E-state index in [0.29, 0.717) is 0 Å². The Morgan fingerprint density at radius 3 is 2.70 bits per heavy atom. The van der Waals surface area contributed by atoms with Crippen molar-refractivity contribution < 1.29 is 8.42 Å². The molecule has 0 saturated heterocycles. The lowest BCUT2D eigenvalue weighted by Gasteiger charge is -2.38. The Morgan fingerprint density at radius 1 is 1.35 bits per heavy atom. The van der Waals surface area contributed by atoms with Gasteiger partial charge in [0.2, 0.25) is 0 Å². The summed E-state index contributed by atoms with van der Waals surface area (Å²) in [5.41, 5.74) is 7.69. The number of nitrogen functional groups attached to an aromatic ring is 1. The van der Waals surface area contributed by atoms with Gasteiger partial charge in [-0.15, -0.1) is 0 Å². The van der Waals surface area contributed by atoms with E-state index in [0.717, 1.165) is 43.6 Å². The lowest BCUT2D eigenvalue weighted by Crippen LogP contribution is -2.42. The molecule has 5 heteroatoms. The summed E-state index contributed by atoms with van der Waals surface area (Å²) in [7, 11) is -2.94. The van der Waals surface area contributed by atoms with Crippen LogP contribution in [0.2, 0.25) is 0 Å². The van der Waals surface area contributed by atoms with Gasteiger partial charge in [0.25, 0.3) is 0 Å². The summed E-state index contributed by atoms with van der Waals surface area (Å²) >= 11 is 0. The van der Waals surface area contributed by atoms with Crippen molar-refractivity contribution in [1.29, 1.82) is 0 Å². The van der Waals surface area contributed by atoms with Crippen molar-refractivity contribution in [2.75, 3.05) is 23.4 Å². The van der Waals surface area contributed by atoms with Crippen LogP contribution in [-0.4, -0.2) is 32.5 Å². The molecule has 1 aliphatic rings. The molecule has 0 aliphatic heterocycles. The predicted octanol–water partition coefficient (Wildman–Crippen LogP) is 2.45. The number of anilines is 2. The van der Waals surface area contributed by atoms with Crippen molar-refractivity contribution >= 4 is 21.2 Å². The standard InChI is InChI=1S/C15H24N2O2S/c1-3-17(13-7-4-6-12(16)10-13)14-8-5-9-15(11-14)20(2,18)19/h4,6-7,10,14-15H,3,5,8-9,11,16H2,1-2H3. The lowest BCUT2D eigenvalue weighted by atomic mass is 9.93. The van der Waals surface area contributed by atoms with Crippen LogP contribution in [0, 0.1) is 0 Å². The topological polar surface area (TPSA) is 63.4 Å². The van der Waals surface area contributed by atoms with Gasteiger partial charge >= 0.3 is 0 Å². The van der Waals surface area contributed by atoms with E-state index in [9.17, 15) is 8.42 Å². The van der Waals surface area contributed by atoms with Crippen LogP contribution < -0.4 is 10.6 Å². The fourth-order valence-electron chi connectivity index (χ4n) is 3.15. The fraction of sp³-hybridized carbons (Fsp3) is 0.600. The molecule has 1 aliphatic carbocycles. The first kappa shape index (κ1) is 15.2. The summed E-state index contributed by atoms with van der Waals surface area (Å²) in [4.78, 5) is 2.29. The zero-order chi connectivity index (χ0) is 14.8. The van der Waals surface area contributed by atoms with Crippen LogP contribution in [0.15, 0.2) is 24.3 Å². The molecule has 2 unspecified atom stereocenters. The van der Waals surface area contributed by atoms with Gasteiger partial charge in [-0.1, -0.05) is 12.5 Å². The molecule has 0 bridgehead atoms. The largest absolute Gasteiger partial charge is 0.399 e. The molecule has 1 fully saturated rings. The van der Waals surface area contributed by atoms with Crippen molar-refractivity contribution in [3.05, 3.63) is 24.3 Å². The average Bonchev–Trinajstić information content (AvgIpc) is 2.39. The van der Waals surface area contributed by atoms with Gasteiger partial charge in [-0.25, -0.2) is 8.42 Å². The first-order chi connectivity index (χ1) is 9.41. The Morgan fingerprint density at radius 2 is 2.10 bits per heavy atom. The Balaban J connectivity index is 2.19. The van der Waals surface area contributed by atoms with Gasteiger partial charge in [-0.3, -0.25) is 0 Å². The molecule has 0 amide bonds. The molecule has 0 heterocycles. The quantitative estimate of drug-likeness (QED) is 0.867. The van der Waals surface area contributed by atoms with Crippen molar-refractivity contribution in [2.24, 2.45) is 0 Å². The van der Waals surface area contributed by atoms with E-state index >= 15 is 0 Å². The molecule has 4 nitrogen and oxygen atoms in total. The molecule has 20 heavy (non-hydrogen) atoms. The molecule has 0 spiro atoms.